The van der Waals surface area contributed by atoms with Crippen LogP contribution in [0.3, 0.4) is 0 Å². The highest BCUT2D eigenvalue weighted by atomic mass is 35.5. The van der Waals surface area contributed by atoms with Gasteiger partial charge in [-0.1, -0.05) is 47.5 Å². The van der Waals surface area contributed by atoms with E-state index >= 15 is 0 Å². The first kappa shape index (κ1) is 21.5. The van der Waals surface area contributed by atoms with Gasteiger partial charge in [0.15, 0.2) is 0 Å². The molecule has 0 fully saturated rings. The van der Waals surface area contributed by atoms with Crippen LogP contribution < -0.4 is 14.2 Å². The molecule has 0 amide bonds. The van der Waals surface area contributed by atoms with Gasteiger partial charge >= 0.3 is 0 Å². The van der Waals surface area contributed by atoms with Crippen LogP contribution >= 0.6 is 23.2 Å². The highest BCUT2D eigenvalue weighted by Gasteiger charge is 2.24. The summed E-state index contributed by atoms with van der Waals surface area (Å²) in [4.78, 5) is -0.0120. The van der Waals surface area contributed by atoms with Crippen molar-refractivity contribution in [3.8, 4) is 11.5 Å². The number of hydrogen-bond acceptors (Lipinski definition) is 4. The van der Waals surface area contributed by atoms with Crippen LogP contribution in [0.5, 0.6) is 11.5 Å². The maximum absolute atomic E-state index is 13.1. The van der Waals surface area contributed by atoms with E-state index in [1.807, 2.05) is 0 Å². The molecule has 0 atom stereocenters. The molecule has 0 unspecified atom stereocenters. The van der Waals surface area contributed by atoms with Crippen LogP contribution in [0.4, 0.5) is 0 Å². The van der Waals surface area contributed by atoms with Gasteiger partial charge in [-0.15, -0.1) is 0 Å². The summed E-state index contributed by atoms with van der Waals surface area (Å²) < 4.78 is 39.3. The van der Waals surface area contributed by atoms with E-state index in [4.69, 9.17) is 32.7 Å². The molecule has 0 saturated carbocycles. The molecule has 0 spiro atoms. The zero-order valence-corrected chi connectivity index (χ0v) is 18.1. The van der Waals surface area contributed by atoms with Crippen LogP contribution in [-0.2, 0) is 10.0 Å². The lowest BCUT2D eigenvalue weighted by Gasteiger charge is -2.21. The summed E-state index contributed by atoms with van der Waals surface area (Å²) in [6, 6.07) is 17.9. The van der Waals surface area contributed by atoms with E-state index in [1.54, 1.807) is 62.8 Å². The number of methoxy groups -OCH3 is 2. The minimum Gasteiger partial charge on any atom is -0.497 e. The fourth-order valence-electron chi connectivity index (χ4n) is 2.83. The Labute approximate surface area is 180 Å². The molecule has 0 aliphatic carbocycles. The average Bonchev–Trinajstić information content (AvgIpc) is 2.71. The molecule has 3 aromatic carbocycles. The van der Waals surface area contributed by atoms with Crippen molar-refractivity contribution < 1.29 is 17.9 Å². The number of ether oxygens (including phenoxy) is 2. The van der Waals surface area contributed by atoms with Crippen LogP contribution in [0.2, 0.25) is 10.0 Å². The largest absolute Gasteiger partial charge is 0.497 e. The van der Waals surface area contributed by atoms with Gasteiger partial charge in [0.1, 0.15) is 11.5 Å². The van der Waals surface area contributed by atoms with E-state index < -0.39 is 16.1 Å². The van der Waals surface area contributed by atoms with Gasteiger partial charge < -0.3 is 9.47 Å². The van der Waals surface area contributed by atoms with Crippen LogP contribution in [0.1, 0.15) is 17.2 Å². The lowest BCUT2D eigenvalue weighted by molar-refractivity contribution is 0.414. The normalized spacial score (nSPS) is 11.5. The summed E-state index contributed by atoms with van der Waals surface area (Å²) in [6.45, 7) is 0. The second-order valence-electron chi connectivity index (χ2n) is 6.21. The third-order valence-electron chi connectivity index (χ3n) is 4.32. The van der Waals surface area contributed by atoms with Gasteiger partial charge in [-0.05, 0) is 53.6 Å². The van der Waals surface area contributed by atoms with E-state index in [-0.39, 0.29) is 14.9 Å². The monoisotopic (exact) mass is 451 g/mol. The Morgan fingerprint density at radius 3 is 1.55 bits per heavy atom. The van der Waals surface area contributed by atoms with Gasteiger partial charge in [-0.3, -0.25) is 0 Å². The summed E-state index contributed by atoms with van der Waals surface area (Å²) >= 11 is 12.0. The second-order valence-corrected chi connectivity index (χ2v) is 8.79. The SMILES string of the molecule is COc1ccc(C(NS(=O)(=O)c2cc(Cl)cc(Cl)c2)c2ccc(OC)cc2)cc1. The Hall–Kier alpha value is -2.25. The summed E-state index contributed by atoms with van der Waals surface area (Å²) in [6.07, 6.45) is 0. The lowest BCUT2D eigenvalue weighted by Crippen LogP contribution is -2.29. The third-order valence-corrected chi connectivity index (χ3v) is 6.16. The smallest absolute Gasteiger partial charge is 0.241 e. The van der Waals surface area contributed by atoms with Crippen molar-refractivity contribution in [1.29, 1.82) is 0 Å². The fourth-order valence-corrected chi connectivity index (χ4v) is 4.77. The van der Waals surface area contributed by atoms with Gasteiger partial charge in [-0.2, -0.15) is 4.72 Å². The summed E-state index contributed by atoms with van der Waals surface area (Å²) in [5, 5.41) is 0.478. The van der Waals surface area contributed by atoms with Crippen molar-refractivity contribution in [1.82, 2.24) is 4.72 Å². The van der Waals surface area contributed by atoms with Gasteiger partial charge in [0, 0.05) is 10.0 Å². The molecular weight excluding hydrogens is 433 g/mol. The number of halogens is 2. The molecule has 0 radical (unpaired) electrons. The number of rotatable bonds is 7. The maximum Gasteiger partial charge on any atom is 0.241 e. The number of nitrogens with one attached hydrogen (secondary N) is 1. The van der Waals surface area contributed by atoms with E-state index in [0.717, 1.165) is 11.1 Å². The third kappa shape index (κ3) is 5.22. The molecule has 0 aromatic heterocycles. The van der Waals surface area contributed by atoms with E-state index in [1.165, 1.54) is 18.2 Å². The predicted octanol–water partition coefficient (Wildman–Crippen LogP) is 5.08. The Bertz CT molecular complexity index is 1020. The molecule has 29 heavy (non-hydrogen) atoms. The minimum atomic E-state index is -3.91. The Kier molecular flexibility index (Phi) is 6.70. The molecule has 5 nitrogen and oxygen atoms in total. The number of benzene rings is 3. The van der Waals surface area contributed by atoms with Crippen molar-refractivity contribution >= 4 is 33.2 Å². The molecule has 8 heteroatoms. The first-order valence-corrected chi connectivity index (χ1v) is 10.8. The predicted molar refractivity (Wildman–Crippen MR) is 115 cm³/mol. The molecular formula is C21H19Cl2NO4S. The van der Waals surface area contributed by atoms with Crippen LogP contribution in [0.15, 0.2) is 71.6 Å². The van der Waals surface area contributed by atoms with Gasteiger partial charge in [0.25, 0.3) is 0 Å². The van der Waals surface area contributed by atoms with Crippen molar-refractivity contribution in [2.75, 3.05) is 14.2 Å². The zero-order valence-electron chi connectivity index (χ0n) is 15.7. The molecule has 0 heterocycles. The average molecular weight is 452 g/mol. The topological polar surface area (TPSA) is 64.6 Å². The first-order valence-electron chi connectivity index (χ1n) is 8.59. The van der Waals surface area contributed by atoms with Crippen molar-refractivity contribution in [3.63, 3.8) is 0 Å². The minimum absolute atomic E-state index is 0.0120. The Morgan fingerprint density at radius 2 is 1.17 bits per heavy atom. The number of hydrogen-bond donors (Lipinski definition) is 1. The van der Waals surface area contributed by atoms with Crippen molar-refractivity contribution in [2.45, 2.75) is 10.9 Å². The number of sulfonamides is 1. The molecule has 0 aliphatic rings. The summed E-state index contributed by atoms with van der Waals surface area (Å²) in [5.74, 6) is 1.35. The molecule has 1 N–H and O–H groups in total. The lowest BCUT2D eigenvalue weighted by atomic mass is 9.99. The van der Waals surface area contributed by atoms with Crippen LogP contribution in [-0.4, -0.2) is 22.6 Å². The van der Waals surface area contributed by atoms with Crippen molar-refractivity contribution in [3.05, 3.63) is 87.9 Å². The second kappa shape index (κ2) is 9.05. The summed E-state index contributed by atoms with van der Waals surface area (Å²) in [7, 11) is -0.772. The van der Waals surface area contributed by atoms with E-state index in [2.05, 4.69) is 4.72 Å². The Morgan fingerprint density at radius 1 is 0.759 bits per heavy atom. The van der Waals surface area contributed by atoms with Gasteiger partial charge in [0.2, 0.25) is 10.0 Å². The van der Waals surface area contributed by atoms with Gasteiger partial charge in [-0.25, -0.2) is 8.42 Å². The first-order chi connectivity index (χ1) is 13.8. The molecule has 0 bridgehead atoms. The quantitative estimate of drug-likeness (QED) is 0.543. The van der Waals surface area contributed by atoms with Gasteiger partial charge in [0.05, 0.1) is 25.2 Å². The maximum atomic E-state index is 13.1. The standard InChI is InChI=1S/C21H19Cl2NO4S/c1-27-18-7-3-14(4-8-18)21(15-5-9-19(28-2)10-6-15)24-29(25,26)20-12-16(22)11-17(23)13-20/h3-13,21,24H,1-2H3. The summed E-state index contributed by atoms with van der Waals surface area (Å²) in [5.41, 5.74) is 1.49. The fraction of sp³-hybridized carbons (Fsp3) is 0.143. The van der Waals surface area contributed by atoms with Crippen LogP contribution in [0, 0.1) is 0 Å². The molecule has 3 aromatic rings. The Balaban J connectivity index is 2.03. The molecule has 0 aliphatic heterocycles. The zero-order chi connectivity index (χ0) is 21.0. The molecule has 0 saturated heterocycles. The van der Waals surface area contributed by atoms with E-state index in [9.17, 15) is 8.42 Å². The highest BCUT2D eigenvalue weighted by molar-refractivity contribution is 7.89. The van der Waals surface area contributed by atoms with Crippen LogP contribution in [0.25, 0.3) is 0 Å². The molecule has 152 valence electrons. The van der Waals surface area contributed by atoms with Crippen molar-refractivity contribution in [2.24, 2.45) is 0 Å². The highest BCUT2D eigenvalue weighted by Crippen LogP contribution is 2.29. The molecule has 3 rings (SSSR count). The van der Waals surface area contributed by atoms with E-state index in [0.29, 0.717) is 11.5 Å².